The predicted molar refractivity (Wildman–Crippen MR) is 65.3 cm³/mol. The van der Waals surface area contributed by atoms with Gasteiger partial charge in [-0.3, -0.25) is 4.98 Å². The molecule has 0 radical (unpaired) electrons. The minimum atomic E-state index is 0.367. The van der Waals surface area contributed by atoms with Gasteiger partial charge in [0, 0.05) is 38.6 Å². The second-order valence-corrected chi connectivity index (χ2v) is 4.00. The number of likely N-dealkylation sites (N-methyl/N-ethyl adjacent to an activating group) is 2. The van der Waals surface area contributed by atoms with E-state index in [4.69, 9.17) is 4.74 Å². The number of rotatable bonds is 7. The molecule has 0 amide bonds. The number of nitrogens with one attached hydrogen (secondary N) is 1. The lowest BCUT2D eigenvalue weighted by Crippen LogP contribution is -2.40. The van der Waals surface area contributed by atoms with E-state index in [1.807, 2.05) is 19.3 Å². The minimum absolute atomic E-state index is 0.367. The Morgan fingerprint density at radius 3 is 2.94 bits per heavy atom. The molecular weight excluding hydrogens is 202 g/mol. The van der Waals surface area contributed by atoms with Crippen LogP contribution in [0.2, 0.25) is 0 Å². The molecule has 0 bridgehead atoms. The van der Waals surface area contributed by atoms with E-state index >= 15 is 0 Å². The molecule has 1 atom stereocenters. The Bertz CT molecular complexity index is 279. The fourth-order valence-corrected chi connectivity index (χ4v) is 1.67. The van der Waals surface area contributed by atoms with E-state index < -0.39 is 0 Å². The highest BCUT2D eigenvalue weighted by Gasteiger charge is 2.09. The minimum Gasteiger partial charge on any atom is -0.383 e. The van der Waals surface area contributed by atoms with Crippen molar-refractivity contribution in [1.29, 1.82) is 0 Å². The lowest BCUT2D eigenvalue weighted by atomic mass is 10.2. The lowest BCUT2D eigenvalue weighted by molar-refractivity contribution is 0.147. The normalized spacial score (nSPS) is 13.0. The summed E-state index contributed by atoms with van der Waals surface area (Å²) < 4.78 is 5.14. The molecule has 0 aliphatic heterocycles. The summed E-state index contributed by atoms with van der Waals surface area (Å²) in [5, 5.41) is 3.24. The van der Waals surface area contributed by atoms with E-state index in [-0.39, 0.29) is 0 Å². The van der Waals surface area contributed by atoms with Gasteiger partial charge in [-0.2, -0.15) is 0 Å². The van der Waals surface area contributed by atoms with Crippen molar-refractivity contribution in [2.75, 3.05) is 34.4 Å². The standard InChI is InChI=1S/C12H21N3O/c1-13-12(10-16-3)9-15(2)8-11-5-4-6-14-7-11/h4-7,12-13H,8-10H2,1-3H3. The SMILES string of the molecule is CNC(COC)CN(C)Cc1cccnc1. The van der Waals surface area contributed by atoms with E-state index in [0.717, 1.165) is 19.7 Å². The summed E-state index contributed by atoms with van der Waals surface area (Å²) in [7, 11) is 5.79. The number of aromatic nitrogens is 1. The third kappa shape index (κ3) is 4.70. The summed E-state index contributed by atoms with van der Waals surface area (Å²) in [6, 6.07) is 4.42. The van der Waals surface area contributed by atoms with E-state index in [1.54, 1.807) is 13.3 Å². The highest BCUT2D eigenvalue weighted by Crippen LogP contribution is 2.01. The van der Waals surface area contributed by atoms with Crippen molar-refractivity contribution < 1.29 is 4.74 Å². The topological polar surface area (TPSA) is 37.4 Å². The monoisotopic (exact) mass is 223 g/mol. The molecule has 0 aromatic carbocycles. The first kappa shape index (κ1) is 13.1. The zero-order valence-electron chi connectivity index (χ0n) is 10.3. The molecule has 0 spiro atoms. The lowest BCUT2D eigenvalue weighted by Gasteiger charge is -2.23. The van der Waals surface area contributed by atoms with Crippen molar-refractivity contribution >= 4 is 0 Å². The summed E-state index contributed by atoms with van der Waals surface area (Å²) in [6.07, 6.45) is 3.70. The van der Waals surface area contributed by atoms with Crippen molar-refractivity contribution in [1.82, 2.24) is 15.2 Å². The van der Waals surface area contributed by atoms with Crippen LogP contribution in [-0.2, 0) is 11.3 Å². The van der Waals surface area contributed by atoms with Crippen LogP contribution in [0.1, 0.15) is 5.56 Å². The first-order valence-electron chi connectivity index (χ1n) is 5.50. The van der Waals surface area contributed by atoms with Gasteiger partial charge in [0.2, 0.25) is 0 Å². The maximum atomic E-state index is 5.14. The number of hydrogen-bond donors (Lipinski definition) is 1. The molecule has 1 aromatic heterocycles. The van der Waals surface area contributed by atoms with Crippen LogP contribution >= 0.6 is 0 Å². The molecule has 1 unspecified atom stereocenters. The Balaban J connectivity index is 2.37. The Kier molecular flexibility index (Phi) is 6.00. The molecule has 1 N–H and O–H groups in total. The molecule has 0 aliphatic carbocycles. The average molecular weight is 223 g/mol. The molecule has 0 saturated carbocycles. The molecule has 16 heavy (non-hydrogen) atoms. The summed E-state index contributed by atoms with van der Waals surface area (Å²) in [5.41, 5.74) is 1.23. The van der Waals surface area contributed by atoms with Crippen LogP contribution in [0.3, 0.4) is 0 Å². The van der Waals surface area contributed by atoms with Gasteiger partial charge < -0.3 is 15.0 Å². The van der Waals surface area contributed by atoms with E-state index in [1.165, 1.54) is 5.56 Å². The summed E-state index contributed by atoms with van der Waals surface area (Å²) in [6.45, 7) is 2.60. The third-order valence-corrected chi connectivity index (χ3v) is 2.48. The molecule has 0 aliphatic rings. The molecule has 1 aromatic rings. The van der Waals surface area contributed by atoms with Crippen molar-refractivity contribution in [3.63, 3.8) is 0 Å². The molecule has 0 fully saturated rings. The summed E-state index contributed by atoms with van der Waals surface area (Å²) in [4.78, 5) is 6.37. The second kappa shape index (κ2) is 7.33. The Morgan fingerprint density at radius 2 is 2.38 bits per heavy atom. The van der Waals surface area contributed by atoms with Crippen LogP contribution in [0.4, 0.5) is 0 Å². The van der Waals surface area contributed by atoms with Crippen LogP contribution in [0.15, 0.2) is 24.5 Å². The van der Waals surface area contributed by atoms with E-state index in [2.05, 4.69) is 28.3 Å². The van der Waals surface area contributed by atoms with Gasteiger partial charge in [0.05, 0.1) is 6.61 Å². The number of hydrogen-bond acceptors (Lipinski definition) is 4. The summed E-state index contributed by atoms with van der Waals surface area (Å²) >= 11 is 0. The number of pyridine rings is 1. The zero-order valence-corrected chi connectivity index (χ0v) is 10.3. The van der Waals surface area contributed by atoms with Gasteiger partial charge in [-0.25, -0.2) is 0 Å². The summed E-state index contributed by atoms with van der Waals surface area (Å²) in [5.74, 6) is 0. The maximum Gasteiger partial charge on any atom is 0.0628 e. The van der Waals surface area contributed by atoms with E-state index in [0.29, 0.717) is 6.04 Å². The Labute approximate surface area is 97.6 Å². The van der Waals surface area contributed by atoms with Crippen molar-refractivity contribution in [2.24, 2.45) is 0 Å². The first-order valence-corrected chi connectivity index (χ1v) is 5.50. The van der Waals surface area contributed by atoms with Crippen LogP contribution in [0.25, 0.3) is 0 Å². The van der Waals surface area contributed by atoms with E-state index in [9.17, 15) is 0 Å². The second-order valence-electron chi connectivity index (χ2n) is 4.00. The van der Waals surface area contributed by atoms with Crippen LogP contribution in [0.5, 0.6) is 0 Å². The molecular formula is C12H21N3O. The quantitative estimate of drug-likeness (QED) is 0.740. The smallest absolute Gasteiger partial charge is 0.0628 e. The van der Waals surface area contributed by atoms with Crippen LogP contribution in [-0.4, -0.2) is 50.3 Å². The van der Waals surface area contributed by atoms with Gasteiger partial charge in [-0.1, -0.05) is 6.07 Å². The Hall–Kier alpha value is -0.970. The van der Waals surface area contributed by atoms with Crippen molar-refractivity contribution in [3.8, 4) is 0 Å². The third-order valence-electron chi connectivity index (χ3n) is 2.48. The largest absolute Gasteiger partial charge is 0.383 e. The van der Waals surface area contributed by atoms with Crippen molar-refractivity contribution in [2.45, 2.75) is 12.6 Å². The molecule has 1 heterocycles. The maximum absolute atomic E-state index is 5.14. The highest BCUT2D eigenvalue weighted by atomic mass is 16.5. The molecule has 4 heteroatoms. The van der Waals surface area contributed by atoms with Crippen molar-refractivity contribution in [3.05, 3.63) is 30.1 Å². The van der Waals surface area contributed by atoms with Gasteiger partial charge in [0.1, 0.15) is 0 Å². The highest BCUT2D eigenvalue weighted by molar-refractivity contribution is 5.07. The molecule has 0 saturated heterocycles. The number of methoxy groups -OCH3 is 1. The molecule has 90 valence electrons. The number of ether oxygens (including phenoxy) is 1. The zero-order chi connectivity index (χ0) is 11.8. The van der Waals surface area contributed by atoms with Crippen LogP contribution < -0.4 is 5.32 Å². The van der Waals surface area contributed by atoms with Gasteiger partial charge in [-0.05, 0) is 25.7 Å². The fourth-order valence-electron chi connectivity index (χ4n) is 1.67. The molecule has 4 nitrogen and oxygen atoms in total. The van der Waals surface area contributed by atoms with Gasteiger partial charge >= 0.3 is 0 Å². The van der Waals surface area contributed by atoms with Gasteiger partial charge in [0.15, 0.2) is 0 Å². The Morgan fingerprint density at radius 1 is 1.56 bits per heavy atom. The molecule has 1 rings (SSSR count). The van der Waals surface area contributed by atoms with Gasteiger partial charge in [0.25, 0.3) is 0 Å². The first-order chi connectivity index (χ1) is 7.76. The van der Waals surface area contributed by atoms with Gasteiger partial charge in [-0.15, -0.1) is 0 Å². The fraction of sp³-hybridized carbons (Fsp3) is 0.583. The number of nitrogens with zero attached hydrogens (tertiary/aromatic N) is 2. The predicted octanol–water partition coefficient (Wildman–Crippen LogP) is 0.748. The van der Waals surface area contributed by atoms with Crippen LogP contribution in [0, 0.1) is 0 Å². The average Bonchev–Trinajstić information content (AvgIpc) is 2.29.